The number of hydrogen-bond acceptors (Lipinski definition) is 4. The minimum Gasteiger partial charge on any atom is -0.322 e. The molecule has 1 aromatic heterocycles. The Kier molecular flexibility index (Phi) is 6.54. The zero-order valence-corrected chi connectivity index (χ0v) is 17.3. The first kappa shape index (κ1) is 20.6. The lowest BCUT2D eigenvalue weighted by atomic mass is 10.1. The molecule has 5 nitrogen and oxygen atoms in total. The highest BCUT2D eigenvalue weighted by Crippen LogP contribution is 2.20. The first-order valence-electron chi connectivity index (χ1n) is 9.60. The highest BCUT2D eigenvalue weighted by atomic mass is 32.2. The van der Waals surface area contributed by atoms with Crippen LogP contribution in [-0.4, -0.2) is 21.1 Å². The van der Waals surface area contributed by atoms with E-state index < -0.39 is 0 Å². The standard InChI is InChI=1S/C24H19FN4OS/c25-20-13-8-17(9-14-20)10-15-22-27-24(29-28-22)31-16-18-6-11-19(12-7-18)23(30)26-21-4-2-1-3-5-21/h1-15H,16H2,(H,26,30)(H,27,28,29)/b15-10+. The normalized spacial score (nSPS) is 11.0. The van der Waals surface area contributed by atoms with E-state index in [4.69, 9.17) is 0 Å². The van der Waals surface area contributed by atoms with Crippen molar-refractivity contribution in [2.45, 2.75) is 10.9 Å². The molecule has 0 saturated heterocycles. The fourth-order valence-electron chi connectivity index (χ4n) is 2.77. The monoisotopic (exact) mass is 430 g/mol. The lowest BCUT2D eigenvalue weighted by Crippen LogP contribution is -2.11. The van der Waals surface area contributed by atoms with E-state index in [-0.39, 0.29) is 11.7 Å². The number of carbonyl (C=O) groups is 1. The number of benzene rings is 3. The van der Waals surface area contributed by atoms with Crippen molar-refractivity contribution in [3.8, 4) is 0 Å². The Hall–Kier alpha value is -3.71. The first-order chi connectivity index (χ1) is 15.2. The molecule has 0 bridgehead atoms. The number of amides is 1. The fourth-order valence-corrected chi connectivity index (χ4v) is 3.53. The van der Waals surface area contributed by atoms with Crippen molar-refractivity contribution in [2.75, 3.05) is 5.32 Å². The van der Waals surface area contributed by atoms with Gasteiger partial charge in [0.1, 0.15) is 11.6 Å². The van der Waals surface area contributed by atoms with Crippen molar-refractivity contribution in [2.24, 2.45) is 0 Å². The molecule has 1 heterocycles. The molecular formula is C24H19FN4OS. The number of carbonyl (C=O) groups excluding carboxylic acids is 1. The van der Waals surface area contributed by atoms with Gasteiger partial charge in [0.05, 0.1) is 0 Å². The summed E-state index contributed by atoms with van der Waals surface area (Å²) in [4.78, 5) is 16.7. The van der Waals surface area contributed by atoms with E-state index in [1.807, 2.05) is 60.7 Å². The zero-order chi connectivity index (χ0) is 21.5. The van der Waals surface area contributed by atoms with Gasteiger partial charge in [0.15, 0.2) is 0 Å². The van der Waals surface area contributed by atoms with Gasteiger partial charge in [-0.2, -0.15) is 0 Å². The van der Waals surface area contributed by atoms with Crippen LogP contribution in [0.1, 0.15) is 27.3 Å². The summed E-state index contributed by atoms with van der Waals surface area (Å²) in [5.74, 6) is 0.900. The van der Waals surface area contributed by atoms with Crippen LogP contribution in [0.3, 0.4) is 0 Å². The third-order valence-corrected chi connectivity index (χ3v) is 5.32. The van der Waals surface area contributed by atoms with E-state index in [1.54, 1.807) is 18.2 Å². The van der Waals surface area contributed by atoms with Crippen LogP contribution in [0, 0.1) is 5.82 Å². The van der Waals surface area contributed by atoms with Gasteiger partial charge < -0.3 is 5.32 Å². The lowest BCUT2D eigenvalue weighted by Gasteiger charge is -2.06. The molecule has 0 fully saturated rings. The number of para-hydroxylation sites is 1. The van der Waals surface area contributed by atoms with E-state index in [0.717, 1.165) is 16.8 Å². The first-order valence-corrected chi connectivity index (χ1v) is 10.6. The van der Waals surface area contributed by atoms with E-state index in [0.29, 0.717) is 22.3 Å². The minimum absolute atomic E-state index is 0.142. The Morgan fingerprint density at radius 3 is 2.45 bits per heavy atom. The second-order valence-electron chi connectivity index (χ2n) is 6.69. The number of hydrogen-bond donors (Lipinski definition) is 2. The van der Waals surface area contributed by atoms with Crippen molar-refractivity contribution in [3.63, 3.8) is 0 Å². The van der Waals surface area contributed by atoms with Crippen LogP contribution in [0.4, 0.5) is 10.1 Å². The maximum absolute atomic E-state index is 13.0. The van der Waals surface area contributed by atoms with Gasteiger partial charge in [0.2, 0.25) is 5.16 Å². The van der Waals surface area contributed by atoms with E-state index in [1.165, 1.54) is 23.9 Å². The molecule has 0 atom stereocenters. The van der Waals surface area contributed by atoms with E-state index in [2.05, 4.69) is 20.5 Å². The molecule has 0 spiro atoms. The number of aromatic nitrogens is 3. The van der Waals surface area contributed by atoms with Crippen molar-refractivity contribution in [3.05, 3.63) is 107 Å². The Morgan fingerprint density at radius 2 is 1.71 bits per heavy atom. The van der Waals surface area contributed by atoms with Gasteiger partial charge in [-0.3, -0.25) is 9.89 Å². The molecular weight excluding hydrogens is 411 g/mol. The highest BCUT2D eigenvalue weighted by Gasteiger charge is 2.07. The van der Waals surface area contributed by atoms with Gasteiger partial charge in [-0.05, 0) is 53.6 Å². The highest BCUT2D eigenvalue weighted by molar-refractivity contribution is 7.98. The summed E-state index contributed by atoms with van der Waals surface area (Å²) in [6, 6.07) is 23.0. The van der Waals surface area contributed by atoms with Crippen molar-refractivity contribution in [1.29, 1.82) is 0 Å². The third kappa shape index (κ3) is 5.90. The fraction of sp³-hybridized carbons (Fsp3) is 0.0417. The molecule has 4 rings (SSSR count). The molecule has 4 aromatic rings. The smallest absolute Gasteiger partial charge is 0.255 e. The molecule has 0 saturated carbocycles. The average molecular weight is 431 g/mol. The topological polar surface area (TPSA) is 70.7 Å². The van der Waals surface area contributed by atoms with Crippen LogP contribution < -0.4 is 5.32 Å². The second-order valence-corrected chi connectivity index (χ2v) is 7.64. The minimum atomic E-state index is -0.264. The van der Waals surface area contributed by atoms with Crippen molar-refractivity contribution >= 4 is 35.5 Å². The van der Waals surface area contributed by atoms with Gasteiger partial charge >= 0.3 is 0 Å². The molecule has 0 aliphatic heterocycles. The van der Waals surface area contributed by atoms with E-state index >= 15 is 0 Å². The van der Waals surface area contributed by atoms with E-state index in [9.17, 15) is 9.18 Å². The number of rotatable bonds is 7. The average Bonchev–Trinajstić information content (AvgIpc) is 3.26. The Labute approximate surface area is 183 Å². The van der Waals surface area contributed by atoms with Crippen LogP contribution in [0.25, 0.3) is 12.2 Å². The number of aromatic amines is 1. The molecule has 0 aliphatic rings. The second kappa shape index (κ2) is 9.86. The maximum atomic E-state index is 13.0. The lowest BCUT2D eigenvalue weighted by molar-refractivity contribution is 0.102. The molecule has 0 unspecified atom stereocenters. The quantitative estimate of drug-likeness (QED) is 0.371. The van der Waals surface area contributed by atoms with Gasteiger partial charge in [-0.15, -0.1) is 5.10 Å². The van der Waals surface area contributed by atoms with Crippen LogP contribution >= 0.6 is 11.8 Å². The number of halogens is 1. The molecule has 7 heteroatoms. The molecule has 1 amide bonds. The van der Waals surface area contributed by atoms with Crippen LogP contribution in [0.2, 0.25) is 0 Å². The third-order valence-electron chi connectivity index (χ3n) is 4.40. The number of nitrogens with zero attached hydrogens (tertiary/aromatic N) is 2. The predicted octanol–water partition coefficient (Wildman–Crippen LogP) is 5.66. The Balaban J connectivity index is 1.30. The van der Waals surface area contributed by atoms with Crippen LogP contribution in [0.5, 0.6) is 0 Å². The van der Waals surface area contributed by atoms with Gasteiger partial charge in [-0.1, -0.05) is 60.3 Å². The van der Waals surface area contributed by atoms with Crippen molar-refractivity contribution in [1.82, 2.24) is 15.2 Å². The number of H-pyrrole nitrogens is 1. The Bertz CT molecular complexity index is 1170. The largest absolute Gasteiger partial charge is 0.322 e. The predicted molar refractivity (Wildman–Crippen MR) is 122 cm³/mol. The molecule has 154 valence electrons. The summed E-state index contributed by atoms with van der Waals surface area (Å²) in [6.45, 7) is 0. The van der Waals surface area contributed by atoms with Crippen molar-refractivity contribution < 1.29 is 9.18 Å². The molecule has 0 aliphatic carbocycles. The summed E-state index contributed by atoms with van der Waals surface area (Å²) >= 11 is 1.50. The summed E-state index contributed by atoms with van der Waals surface area (Å²) in [7, 11) is 0. The summed E-state index contributed by atoms with van der Waals surface area (Å²) in [6.07, 6.45) is 3.64. The molecule has 2 N–H and O–H groups in total. The van der Waals surface area contributed by atoms with Gasteiger partial charge in [0, 0.05) is 17.0 Å². The number of thioether (sulfide) groups is 1. The van der Waals surface area contributed by atoms with Gasteiger partial charge in [0.25, 0.3) is 5.91 Å². The maximum Gasteiger partial charge on any atom is 0.255 e. The molecule has 31 heavy (non-hydrogen) atoms. The summed E-state index contributed by atoms with van der Waals surface area (Å²) < 4.78 is 13.0. The van der Waals surface area contributed by atoms with Gasteiger partial charge in [-0.25, -0.2) is 9.37 Å². The summed E-state index contributed by atoms with van der Waals surface area (Å²) in [5, 5.41) is 10.6. The SMILES string of the molecule is O=C(Nc1ccccc1)c1ccc(CSc2n[nH]c(/C=C/c3ccc(F)cc3)n2)cc1. The molecule has 3 aromatic carbocycles. The molecule has 0 radical (unpaired) electrons. The Morgan fingerprint density at radius 1 is 0.968 bits per heavy atom. The zero-order valence-electron chi connectivity index (χ0n) is 16.5. The van der Waals surface area contributed by atoms with Crippen LogP contribution in [0.15, 0.2) is 84.0 Å². The number of nitrogens with one attached hydrogen (secondary N) is 2. The number of anilines is 1. The van der Waals surface area contributed by atoms with Crippen LogP contribution in [-0.2, 0) is 5.75 Å². The summed E-state index contributed by atoms with van der Waals surface area (Å²) in [5.41, 5.74) is 3.31.